The van der Waals surface area contributed by atoms with Gasteiger partial charge >= 0.3 is 6.09 Å². The molecule has 0 saturated heterocycles. The molecule has 0 aromatic rings. The van der Waals surface area contributed by atoms with Crippen LogP contribution in [-0.2, 0) is 4.74 Å². The number of carbonyl (C=O) groups excluding carboxylic acids is 1. The van der Waals surface area contributed by atoms with Crippen LogP contribution >= 0.6 is 0 Å². The Kier molecular flexibility index (Phi) is 4.20. The maximum Gasteiger partial charge on any atom is 0.405 e. The Morgan fingerprint density at radius 3 is 2.23 bits per heavy atom. The SMILES string of the molecule is CC(N)CC(C)C(C)(C)OC(N)=O. The maximum atomic E-state index is 10.6. The van der Waals surface area contributed by atoms with Crippen LogP contribution in [-0.4, -0.2) is 17.7 Å². The fourth-order valence-corrected chi connectivity index (χ4v) is 1.20. The minimum atomic E-state index is -0.735. The van der Waals surface area contributed by atoms with E-state index >= 15 is 0 Å². The Labute approximate surface area is 79.6 Å². The van der Waals surface area contributed by atoms with E-state index in [2.05, 4.69) is 0 Å². The second-order valence-electron chi connectivity index (χ2n) is 4.14. The summed E-state index contributed by atoms with van der Waals surface area (Å²) in [5.41, 5.74) is 10.1. The highest BCUT2D eigenvalue weighted by molar-refractivity contribution is 5.65. The minimum absolute atomic E-state index is 0.103. The van der Waals surface area contributed by atoms with Crippen molar-refractivity contribution in [3.8, 4) is 0 Å². The van der Waals surface area contributed by atoms with Gasteiger partial charge in [0.25, 0.3) is 0 Å². The van der Waals surface area contributed by atoms with Gasteiger partial charge in [-0.25, -0.2) is 4.79 Å². The number of rotatable bonds is 4. The molecule has 0 fully saturated rings. The monoisotopic (exact) mass is 188 g/mol. The molecule has 1 amide bonds. The van der Waals surface area contributed by atoms with Crippen molar-refractivity contribution in [3.05, 3.63) is 0 Å². The summed E-state index contributed by atoms with van der Waals surface area (Å²) in [5, 5.41) is 0. The normalized spacial score (nSPS) is 16.4. The van der Waals surface area contributed by atoms with E-state index in [-0.39, 0.29) is 12.0 Å². The molecule has 0 rings (SSSR count). The highest BCUT2D eigenvalue weighted by atomic mass is 16.6. The number of carbonyl (C=O) groups is 1. The van der Waals surface area contributed by atoms with Gasteiger partial charge in [0.15, 0.2) is 0 Å². The summed E-state index contributed by atoms with van der Waals surface area (Å²) in [4.78, 5) is 10.6. The minimum Gasteiger partial charge on any atom is -0.443 e. The summed E-state index contributed by atoms with van der Waals surface area (Å²) in [6, 6.07) is 0.103. The predicted molar refractivity (Wildman–Crippen MR) is 52.2 cm³/mol. The lowest BCUT2D eigenvalue weighted by atomic mass is 9.87. The molecule has 4 N–H and O–H groups in total. The average Bonchev–Trinajstić information content (AvgIpc) is 1.81. The van der Waals surface area contributed by atoms with Gasteiger partial charge in [-0.15, -0.1) is 0 Å². The van der Waals surface area contributed by atoms with Crippen LogP contribution in [0.5, 0.6) is 0 Å². The van der Waals surface area contributed by atoms with Gasteiger partial charge in [-0.2, -0.15) is 0 Å². The molecule has 0 saturated carbocycles. The van der Waals surface area contributed by atoms with E-state index in [1.54, 1.807) is 0 Å². The molecule has 78 valence electrons. The van der Waals surface area contributed by atoms with Gasteiger partial charge in [0.2, 0.25) is 0 Å². The molecule has 4 nitrogen and oxygen atoms in total. The van der Waals surface area contributed by atoms with E-state index in [4.69, 9.17) is 16.2 Å². The molecule has 0 heterocycles. The molecule has 4 heteroatoms. The molecular formula is C9H20N2O2. The first kappa shape index (κ1) is 12.2. The number of nitrogens with two attached hydrogens (primary N) is 2. The Morgan fingerprint density at radius 2 is 1.92 bits per heavy atom. The van der Waals surface area contributed by atoms with Crippen LogP contribution in [0.2, 0.25) is 0 Å². The molecule has 2 atom stereocenters. The zero-order chi connectivity index (χ0) is 10.6. The van der Waals surface area contributed by atoms with E-state index in [9.17, 15) is 4.79 Å². The first-order chi connectivity index (χ1) is 5.75. The van der Waals surface area contributed by atoms with E-state index < -0.39 is 11.7 Å². The maximum absolute atomic E-state index is 10.6. The van der Waals surface area contributed by atoms with E-state index in [1.807, 2.05) is 27.7 Å². The second kappa shape index (κ2) is 4.46. The molecule has 0 aliphatic rings. The highest BCUT2D eigenvalue weighted by Crippen LogP contribution is 2.24. The zero-order valence-electron chi connectivity index (χ0n) is 8.83. The quantitative estimate of drug-likeness (QED) is 0.696. The van der Waals surface area contributed by atoms with Crippen LogP contribution in [0, 0.1) is 5.92 Å². The van der Waals surface area contributed by atoms with Crippen molar-refractivity contribution < 1.29 is 9.53 Å². The molecule has 13 heavy (non-hydrogen) atoms. The van der Waals surface area contributed by atoms with Gasteiger partial charge in [-0.1, -0.05) is 6.92 Å². The highest BCUT2D eigenvalue weighted by Gasteiger charge is 2.29. The molecule has 0 spiro atoms. The topological polar surface area (TPSA) is 78.3 Å². The van der Waals surface area contributed by atoms with Crippen LogP contribution in [0.1, 0.15) is 34.1 Å². The molecule has 0 aliphatic heterocycles. The lowest BCUT2D eigenvalue weighted by molar-refractivity contribution is 0.000382. The lowest BCUT2D eigenvalue weighted by Crippen LogP contribution is -2.39. The first-order valence-electron chi connectivity index (χ1n) is 4.49. The standard InChI is InChI=1S/C9H20N2O2/c1-6(5-7(2)10)9(3,4)13-8(11)12/h6-7H,5,10H2,1-4H3,(H2,11,12). The number of ether oxygens (including phenoxy) is 1. The fraction of sp³-hybridized carbons (Fsp3) is 0.889. The third kappa shape index (κ3) is 4.72. The Bertz CT molecular complexity index is 178. The smallest absolute Gasteiger partial charge is 0.405 e. The largest absolute Gasteiger partial charge is 0.443 e. The van der Waals surface area contributed by atoms with E-state index in [0.29, 0.717) is 0 Å². The van der Waals surface area contributed by atoms with Gasteiger partial charge in [-0.05, 0) is 33.1 Å². The van der Waals surface area contributed by atoms with Gasteiger partial charge < -0.3 is 16.2 Å². The van der Waals surface area contributed by atoms with Crippen molar-refractivity contribution >= 4 is 6.09 Å². The van der Waals surface area contributed by atoms with Crippen molar-refractivity contribution in [2.24, 2.45) is 17.4 Å². The zero-order valence-corrected chi connectivity index (χ0v) is 8.83. The summed E-state index contributed by atoms with van der Waals surface area (Å²) in [7, 11) is 0. The molecular weight excluding hydrogens is 168 g/mol. The summed E-state index contributed by atoms with van der Waals surface area (Å²) >= 11 is 0. The number of amides is 1. The van der Waals surface area contributed by atoms with Crippen LogP contribution in [0.4, 0.5) is 4.79 Å². The van der Waals surface area contributed by atoms with Crippen LogP contribution in [0.15, 0.2) is 0 Å². The third-order valence-electron chi connectivity index (χ3n) is 2.28. The lowest BCUT2D eigenvalue weighted by Gasteiger charge is -2.31. The first-order valence-corrected chi connectivity index (χ1v) is 4.49. The summed E-state index contributed by atoms with van der Waals surface area (Å²) in [6.07, 6.45) is 0.0711. The van der Waals surface area contributed by atoms with Crippen molar-refractivity contribution in [3.63, 3.8) is 0 Å². The van der Waals surface area contributed by atoms with Gasteiger partial charge in [0.1, 0.15) is 5.60 Å². The molecule has 0 aromatic heterocycles. The van der Waals surface area contributed by atoms with Crippen LogP contribution in [0.25, 0.3) is 0 Å². The molecule has 0 radical (unpaired) electrons. The van der Waals surface area contributed by atoms with Gasteiger partial charge in [0.05, 0.1) is 0 Å². The number of hydrogen-bond acceptors (Lipinski definition) is 3. The fourth-order valence-electron chi connectivity index (χ4n) is 1.20. The number of primary amides is 1. The van der Waals surface area contributed by atoms with Crippen molar-refractivity contribution in [1.29, 1.82) is 0 Å². The summed E-state index contributed by atoms with van der Waals surface area (Å²) in [6.45, 7) is 7.60. The van der Waals surface area contributed by atoms with Gasteiger partial charge in [-0.3, -0.25) is 0 Å². The van der Waals surface area contributed by atoms with Crippen molar-refractivity contribution in [2.75, 3.05) is 0 Å². The number of hydrogen-bond donors (Lipinski definition) is 2. The Morgan fingerprint density at radius 1 is 1.46 bits per heavy atom. The van der Waals surface area contributed by atoms with Crippen LogP contribution < -0.4 is 11.5 Å². The van der Waals surface area contributed by atoms with E-state index in [0.717, 1.165) is 6.42 Å². The van der Waals surface area contributed by atoms with Crippen molar-refractivity contribution in [2.45, 2.75) is 45.8 Å². The van der Waals surface area contributed by atoms with E-state index in [1.165, 1.54) is 0 Å². The predicted octanol–water partition coefficient (Wildman–Crippen LogP) is 1.23. The molecule has 0 bridgehead atoms. The summed E-state index contributed by atoms with van der Waals surface area (Å²) in [5.74, 6) is 0.194. The molecule has 2 unspecified atom stereocenters. The van der Waals surface area contributed by atoms with Crippen LogP contribution in [0.3, 0.4) is 0 Å². The third-order valence-corrected chi connectivity index (χ3v) is 2.28. The molecule has 0 aliphatic carbocycles. The summed E-state index contributed by atoms with van der Waals surface area (Å²) < 4.78 is 4.98. The average molecular weight is 188 g/mol. The van der Waals surface area contributed by atoms with Gasteiger partial charge in [0, 0.05) is 6.04 Å². The molecule has 0 aromatic carbocycles. The Balaban J connectivity index is 4.17. The Hall–Kier alpha value is -0.770. The second-order valence-corrected chi connectivity index (χ2v) is 4.14. The van der Waals surface area contributed by atoms with Crippen molar-refractivity contribution in [1.82, 2.24) is 0 Å².